The average Bonchev–Trinajstić information content (AvgIpc) is 2.70. The van der Waals surface area contributed by atoms with Crippen LogP contribution in [0.1, 0.15) is 39.9 Å². The highest BCUT2D eigenvalue weighted by atomic mass is 35.5. The summed E-state index contributed by atoms with van der Waals surface area (Å²) in [5, 5.41) is 1.54. The highest BCUT2D eigenvalue weighted by Crippen LogP contribution is 2.28. The highest BCUT2D eigenvalue weighted by Gasteiger charge is 2.26. The maximum Gasteiger partial charge on any atom is 0.336 e. The van der Waals surface area contributed by atoms with E-state index in [4.69, 9.17) is 16.0 Å². The van der Waals surface area contributed by atoms with E-state index in [0.29, 0.717) is 17.2 Å². The van der Waals surface area contributed by atoms with Crippen LogP contribution in [0.5, 0.6) is 0 Å². The van der Waals surface area contributed by atoms with Gasteiger partial charge >= 0.3 is 5.63 Å². The zero-order chi connectivity index (χ0) is 20.5. The molecule has 1 aliphatic rings. The SMILES string of the molecule is Cc1ccc(C(=O)C2CCN(Cc3cc(=O)oc4cc(C)c(Cl)cc34)CC2)cc1. The lowest BCUT2D eigenvalue weighted by molar-refractivity contribution is 0.0835. The largest absolute Gasteiger partial charge is 0.423 e. The van der Waals surface area contributed by atoms with Crippen LogP contribution >= 0.6 is 11.6 Å². The number of fused-ring (bicyclic) bond motifs is 1. The molecule has 2 heterocycles. The van der Waals surface area contributed by atoms with Gasteiger partial charge in [-0.05, 0) is 63.0 Å². The minimum Gasteiger partial charge on any atom is -0.423 e. The first kappa shape index (κ1) is 19.9. The molecular weight excluding hydrogens is 386 g/mol. The van der Waals surface area contributed by atoms with E-state index < -0.39 is 0 Å². The van der Waals surface area contributed by atoms with Crippen LogP contribution in [0.2, 0.25) is 5.02 Å². The molecule has 3 aromatic rings. The van der Waals surface area contributed by atoms with Crippen molar-refractivity contribution in [3.8, 4) is 0 Å². The van der Waals surface area contributed by atoms with Gasteiger partial charge in [0.1, 0.15) is 5.58 Å². The number of carbonyl (C=O) groups is 1. The van der Waals surface area contributed by atoms with Crippen molar-refractivity contribution in [3.05, 3.63) is 80.2 Å². The van der Waals surface area contributed by atoms with Gasteiger partial charge in [-0.1, -0.05) is 41.4 Å². The molecule has 1 fully saturated rings. The zero-order valence-electron chi connectivity index (χ0n) is 16.7. The Balaban J connectivity index is 1.47. The summed E-state index contributed by atoms with van der Waals surface area (Å²) < 4.78 is 5.36. The van der Waals surface area contributed by atoms with Crippen LogP contribution in [-0.4, -0.2) is 23.8 Å². The number of benzene rings is 2. The number of piperidine rings is 1. The van der Waals surface area contributed by atoms with E-state index >= 15 is 0 Å². The molecule has 1 saturated heterocycles. The molecule has 4 rings (SSSR count). The average molecular weight is 410 g/mol. The second-order valence-corrected chi connectivity index (χ2v) is 8.38. The van der Waals surface area contributed by atoms with Gasteiger partial charge in [0.05, 0.1) is 0 Å². The normalized spacial score (nSPS) is 15.7. The van der Waals surface area contributed by atoms with Crippen molar-refractivity contribution in [3.63, 3.8) is 0 Å². The second-order valence-electron chi connectivity index (χ2n) is 7.97. The summed E-state index contributed by atoms with van der Waals surface area (Å²) in [6.07, 6.45) is 1.65. The fourth-order valence-electron chi connectivity index (χ4n) is 4.03. The number of ketones is 1. The van der Waals surface area contributed by atoms with E-state index in [1.807, 2.05) is 50.2 Å². The molecular formula is C24H24ClNO3. The summed E-state index contributed by atoms with van der Waals surface area (Å²) in [5.41, 5.74) is 3.98. The molecule has 0 atom stereocenters. The summed E-state index contributed by atoms with van der Waals surface area (Å²) >= 11 is 6.29. The molecule has 1 aliphatic heterocycles. The Morgan fingerprint density at radius 2 is 1.79 bits per heavy atom. The fraction of sp³-hybridized carbons (Fsp3) is 0.333. The smallest absolute Gasteiger partial charge is 0.336 e. The Kier molecular flexibility index (Phi) is 5.57. The Morgan fingerprint density at radius 1 is 1.10 bits per heavy atom. The van der Waals surface area contributed by atoms with Crippen molar-refractivity contribution in [2.45, 2.75) is 33.2 Å². The van der Waals surface area contributed by atoms with Gasteiger partial charge in [0.25, 0.3) is 0 Å². The molecule has 0 unspecified atom stereocenters. The lowest BCUT2D eigenvalue weighted by Crippen LogP contribution is -2.36. The second kappa shape index (κ2) is 8.13. The van der Waals surface area contributed by atoms with Gasteiger partial charge in [0.15, 0.2) is 5.78 Å². The number of carbonyl (C=O) groups excluding carboxylic acids is 1. The lowest BCUT2D eigenvalue weighted by atomic mass is 9.88. The van der Waals surface area contributed by atoms with E-state index in [1.165, 1.54) is 0 Å². The zero-order valence-corrected chi connectivity index (χ0v) is 17.5. The monoisotopic (exact) mass is 409 g/mol. The van der Waals surface area contributed by atoms with Crippen molar-refractivity contribution in [1.82, 2.24) is 4.90 Å². The molecule has 0 amide bonds. The number of Topliss-reactive ketones (excluding diaryl/α,β-unsaturated/α-hetero) is 1. The number of hydrogen-bond acceptors (Lipinski definition) is 4. The standard InChI is InChI=1S/C24H24ClNO3/c1-15-3-5-17(6-4-15)24(28)18-7-9-26(10-8-18)14-19-12-23(27)29-22-11-16(2)21(25)13-20(19)22/h3-6,11-13,18H,7-10,14H2,1-2H3. The van der Waals surface area contributed by atoms with E-state index in [9.17, 15) is 9.59 Å². The first-order valence-electron chi connectivity index (χ1n) is 9.97. The predicted molar refractivity (Wildman–Crippen MR) is 116 cm³/mol. The van der Waals surface area contributed by atoms with Crippen LogP contribution in [0.4, 0.5) is 0 Å². The van der Waals surface area contributed by atoms with E-state index in [1.54, 1.807) is 6.07 Å². The first-order chi connectivity index (χ1) is 13.9. The molecule has 0 saturated carbocycles. The topological polar surface area (TPSA) is 50.5 Å². The summed E-state index contributed by atoms with van der Waals surface area (Å²) in [5.74, 6) is 0.293. The molecule has 0 N–H and O–H groups in total. The van der Waals surface area contributed by atoms with Crippen LogP contribution in [0.15, 0.2) is 51.7 Å². The third kappa shape index (κ3) is 4.29. The van der Waals surface area contributed by atoms with Gasteiger partial charge in [0, 0.05) is 34.5 Å². The molecule has 0 radical (unpaired) electrons. The fourth-order valence-corrected chi connectivity index (χ4v) is 4.19. The Morgan fingerprint density at radius 3 is 2.48 bits per heavy atom. The van der Waals surface area contributed by atoms with E-state index in [2.05, 4.69) is 4.90 Å². The van der Waals surface area contributed by atoms with Crippen LogP contribution in [0, 0.1) is 19.8 Å². The van der Waals surface area contributed by atoms with E-state index in [-0.39, 0.29) is 17.3 Å². The van der Waals surface area contributed by atoms with Gasteiger partial charge in [0.2, 0.25) is 0 Å². The number of rotatable bonds is 4. The van der Waals surface area contributed by atoms with Gasteiger partial charge in [-0.25, -0.2) is 4.79 Å². The summed E-state index contributed by atoms with van der Waals surface area (Å²) in [6, 6.07) is 13.1. The number of hydrogen-bond donors (Lipinski definition) is 0. The molecule has 1 aromatic heterocycles. The van der Waals surface area contributed by atoms with Crippen LogP contribution in [0.25, 0.3) is 11.0 Å². The van der Waals surface area contributed by atoms with Gasteiger partial charge in [-0.3, -0.25) is 9.69 Å². The molecule has 29 heavy (non-hydrogen) atoms. The number of halogens is 1. The first-order valence-corrected chi connectivity index (χ1v) is 10.3. The highest BCUT2D eigenvalue weighted by molar-refractivity contribution is 6.32. The molecule has 0 aliphatic carbocycles. The molecule has 5 heteroatoms. The van der Waals surface area contributed by atoms with Gasteiger partial charge in [-0.15, -0.1) is 0 Å². The minimum absolute atomic E-state index is 0.0589. The van der Waals surface area contributed by atoms with Crippen molar-refractivity contribution < 1.29 is 9.21 Å². The summed E-state index contributed by atoms with van der Waals surface area (Å²) in [6.45, 7) is 6.21. The van der Waals surface area contributed by atoms with Gasteiger partial charge < -0.3 is 4.42 Å². The maximum absolute atomic E-state index is 12.8. The number of nitrogens with zero attached hydrogens (tertiary/aromatic N) is 1. The summed E-state index contributed by atoms with van der Waals surface area (Å²) in [4.78, 5) is 27.1. The molecule has 2 aromatic carbocycles. The van der Waals surface area contributed by atoms with Crippen LogP contribution < -0.4 is 5.63 Å². The Labute approximate surface area is 175 Å². The minimum atomic E-state index is -0.348. The Hall–Kier alpha value is -2.43. The predicted octanol–water partition coefficient (Wildman–Crippen LogP) is 5.16. The molecule has 150 valence electrons. The molecule has 4 nitrogen and oxygen atoms in total. The summed E-state index contributed by atoms with van der Waals surface area (Å²) in [7, 11) is 0. The Bertz CT molecular complexity index is 1110. The molecule has 0 bridgehead atoms. The van der Waals surface area contributed by atoms with Crippen molar-refractivity contribution in [1.29, 1.82) is 0 Å². The van der Waals surface area contributed by atoms with Crippen molar-refractivity contribution >= 4 is 28.4 Å². The number of aryl methyl sites for hydroxylation is 2. The van der Waals surface area contributed by atoms with Crippen molar-refractivity contribution in [2.24, 2.45) is 5.92 Å². The third-order valence-electron chi connectivity index (χ3n) is 5.80. The quantitative estimate of drug-likeness (QED) is 0.441. The van der Waals surface area contributed by atoms with Crippen LogP contribution in [0.3, 0.4) is 0 Å². The van der Waals surface area contributed by atoms with Crippen LogP contribution in [-0.2, 0) is 6.54 Å². The van der Waals surface area contributed by atoms with Crippen molar-refractivity contribution in [2.75, 3.05) is 13.1 Å². The maximum atomic E-state index is 12.8. The number of likely N-dealkylation sites (tertiary alicyclic amines) is 1. The third-order valence-corrected chi connectivity index (χ3v) is 6.21. The lowest BCUT2D eigenvalue weighted by Gasteiger charge is -2.31. The van der Waals surface area contributed by atoms with E-state index in [0.717, 1.165) is 53.6 Å². The molecule has 0 spiro atoms. The van der Waals surface area contributed by atoms with Gasteiger partial charge in [-0.2, -0.15) is 0 Å².